The number of anilines is 1. The summed E-state index contributed by atoms with van der Waals surface area (Å²) in [6.45, 7) is 0. The Bertz CT molecular complexity index is 565. The number of aromatic amines is 1. The van der Waals surface area contributed by atoms with E-state index in [0.29, 0.717) is 6.07 Å². The molecule has 0 aliphatic carbocycles. The van der Waals surface area contributed by atoms with Crippen LogP contribution in [0.2, 0.25) is 0 Å². The smallest absolute Gasteiger partial charge is 0.360 e. The molecule has 0 fully saturated rings. The summed E-state index contributed by atoms with van der Waals surface area (Å²) in [7, 11) is -10.4. The number of hydrogen-bond acceptors (Lipinski definition) is 6. The molecule has 1 heterocycles. The van der Waals surface area contributed by atoms with Crippen molar-refractivity contribution in [1.82, 2.24) is 9.97 Å². The molecular weight excluding hydrogens is 292 g/mol. The van der Waals surface area contributed by atoms with Gasteiger partial charge in [-0.15, -0.1) is 0 Å². The van der Waals surface area contributed by atoms with E-state index in [1.165, 1.54) is 0 Å². The highest BCUT2D eigenvalue weighted by molar-refractivity contribution is 7.71. The quantitative estimate of drug-likeness (QED) is 0.322. The maximum atomic E-state index is 10.9. The lowest BCUT2D eigenvalue weighted by molar-refractivity contribution is 0.343. The fraction of sp³-hybridized carbons (Fsp3) is 0.200. The molecule has 18 heavy (non-hydrogen) atoms. The Hall–Kier alpha value is -1.22. The minimum atomic E-state index is -5.21. The Labute approximate surface area is 98.8 Å². The predicted molar refractivity (Wildman–Crippen MR) is 58.0 cm³/mol. The lowest BCUT2D eigenvalue weighted by Crippen LogP contribution is -2.23. The molecular formula is C5H9N3O8P2. The van der Waals surface area contributed by atoms with Gasteiger partial charge in [0.15, 0.2) is 0 Å². The van der Waals surface area contributed by atoms with E-state index in [9.17, 15) is 13.9 Å². The molecule has 0 aliphatic heterocycles. The van der Waals surface area contributed by atoms with Gasteiger partial charge in [0.2, 0.25) is 17.4 Å². The van der Waals surface area contributed by atoms with Crippen LogP contribution in [0.25, 0.3) is 0 Å². The number of nitrogens with zero attached hydrogens (tertiary/aromatic N) is 1. The van der Waals surface area contributed by atoms with Crippen LogP contribution in [0.15, 0.2) is 10.9 Å². The molecule has 1 aromatic heterocycles. The number of aromatic hydroxyl groups is 1. The summed E-state index contributed by atoms with van der Waals surface area (Å²) in [6, 6.07) is 0.662. The number of aromatic nitrogens is 2. The number of hydrogen-bond donors (Lipinski definition) is 7. The first kappa shape index (κ1) is 14.8. The molecule has 0 aliphatic rings. The number of nitrogens with one attached hydrogen (secondary N) is 2. The summed E-state index contributed by atoms with van der Waals surface area (Å²) in [5, 5.41) is 10.6. The average molecular weight is 301 g/mol. The third-order valence-corrected chi connectivity index (χ3v) is 4.97. The van der Waals surface area contributed by atoms with Gasteiger partial charge in [-0.05, 0) is 0 Å². The van der Waals surface area contributed by atoms with E-state index in [1.54, 1.807) is 5.32 Å². The van der Waals surface area contributed by atoms with E-state index in [4.69, 9.17) is 24.7 Å². The molecule has 0 aromatic carbocycles. The minimum absolute atomic E-state index is 0.662. The fourth-order valence-corrected chi connectivity index (χ4v) is 3.15. The van der Waals surface area contributed by atoms with Crippen molar-refractivity contribution < 1.29 is 33.8 Å². The zero-order valence-corrected chi connectivity index (χ0v) is 10.2. The van der Waals surface area contributed by atoms with Crippen LogP contribution in [-0.4, -0.2) is 40.2 Å². The Morgan fingerprint density at radius 2 is 1.72 bits per heavy atom. The van der Waals surface area contributed by atoms with Crippen molar-refractivity contribution in [3.05, 3.63) is 16.4 Å². The second-order valence-electron chi connectivity index (χ2n) is 3.15. The molecule has 7 N–H and O–H groups in total. The molecule has 11 nitrogen and oxygen atoms in total. The van der Waals surface area contributed by atoms with Crippen LogP contribution >= 0.6 is 15.2 Å². The first-order valence-corrected chi connectivity index (χ1v) is 7.54. The van der Waals surface area contributed by atoms with Gasteiger partial charge in [0.1, 0.15) is 0 Å². The van der Waals surface area contributed by atoms with Crippen molar-refractivity contribution in [3.63, 3.8) is 0 Å². The summed E-state index contributed by atoms with van der Waals surface area (Å²) < 4.78 is 21.8. The van der Waals surface area contributed by atoms with Crippen LogP contribution in [-0.2, 0) is 9.13 Å². The van der Waals surface area contributed by atoms with Gasteiger partial charge in [0.05, 0.1) is 6.07 Å². The minimum Gasteiger partial charge on any atom is -0.493 e. The molecule has 0 saturated heterocycles. The van der Waals surface area contributed by atoms with Gasteiger partial charge in [-0.25, -0.2) is 0 Å². The van der Waals surface area contributed by atoms with E-state index in [0.717, 1.165) is 0 Å². The maximum Gasteiger partial charge on any atom is 0.360 e. The molecule has 0 spiro atoms. The second-order valence-corrected chi connectivity index (χ2v) is 6.94. The normalized spacial score (nSPS) is 12.7. The average Bonchev–Trinajstić information content (AvgIpc) is 2.08. The van der Waals surface area contributed by atoms with Crippen molar-refractivity contribution in [1.29, 1.82) is 0 Å². The van der Waals surface area contributed by atoms with Crippen LogP contribution in [0, 0.1) is 0 Å². The monoisotopic (exact) mass is 301 g/mol. The van der Waals surface area contributed by atoms with Crippen molar-refractivity contribution in [2.75, 3.05) is 5.32 Å². The van der Waals surface area contributed by atoms with Gasteiger partial charge in [-0.3, -0.25) is 18.9 Å². The molecule has 0 radical (unpaired) electrons. The van der Waals surface area contributed by atoms with Crippen molar-refractivity contribution >= 4 is 21.1 Å². The molecule has 0 unspecified atom stereocenters. The van der Waals surface area contributed by atoms with Crippen molar-refractivity contribution in [2.45, 2.75) is 5.52 Å². The fourth-order valence-electron chi connectivity index (χ4n) is 1.000. The van der Waals surface area contributed by atoms with Crippen molar-refractivity contribution in [3.8, 4) is 5.88 Å². The molecule has 0 atom stereocenters. The highest BCUT2D eigenvalue weighted by atomic mass is 31.2. The van der Waals surface area contributed by atoms with Gasteiger partial charge in [-0.1, -0.05) is 0 Å². The summed E-state index contributed by atoms with van der Waals surface area (Å²) >= 11 is 0. The third kappa shape index (κ3) is 3.91. The van der Waals surface area contributed by atoms with Gasteiger partial charge in [-0.2, -0.15) is 4.98 Å². The van der Waals surface area contributed by atoms with Crippen LogP contribution in [0.1, 0.15) is 0 Å². The standard InChI is InChI=1S/C5H9N3O8P2/c9-2-1-3(10)7-4(6-2)8-5(17(11,12)13)18(14,15)16/h1,5H,(H2,11,12,13)(H2,14,15,16)(H3,6,7,8,9,10). The molecule has 1 rings (SSSR count). The molecule has 13 heteroatoms. The van der Waals surface area contributed by atoms with E-state index in [2.05, 4.69) is 4.98 Å². The van der Waals surface area contributed by atoms with Crippen LogP contribution < -0.4 is 10.9 Å². The topological polar surface area (TPSA) is 193 Å². The summed E-state index contributed by atoms with van der Waals surface area (Å²) in [6.07, 6.45) is 0. The largest absolute Gasteiger partial charge is 0.493 e. The molecule has 1 aromatic rings. The Kier molecular flexibility index (Phi) is 3.96. The van der Waals surface area contributed by atoms with Gasteiger partial charge < -0.3 is 30.0 Å². The van der Waals surface area contributed by atoms with Crippen molar-refractivity contribution in [2.24, 2.45) is 0 Å². The second kappa shape index (κ2) is 4.81. The first-order valence-electron chi connectivity index (χ1n) is 4.17. The summed E-state index contributed by atoms with van der Waals surface area (Å²) in [5.74, 6) is -1.46. The van der Waals surface area contributed by atoms with Crippen LogP contribution in [0.4, 0.5) is 5.95 Å². The van der Waals surface area contributed by atoms with Gasteiger partial charge >= 0.3 is 15.2 Å². The lowest BCUT2D eigenvalue weighted by Gasteiger charge is -2.20. The number of H-pyrrole nitrogens is 1. The third-order valence-electron chi connectivity index (χ3n) is 1.63. The van der Waals surface area contributed by atoms with Gasteiger partial charge in [0, 0.05) is 0 Å². The van der Waals surface area contributed by atoms with Crippen LogP contribution in [0.5, 0.6) is 5.88 Å². The first-order chi connectivity index (χ1) is 8.00. The van der Waals surface area contributed by atoms with Crippen LogP contribution in [0.3, 0.4) is 0 Å². The van der Waals surface area contributed by atoms with E-state index in [-0.39, 0.29) is 0 Å². The summed E-state index contributed by atoms with van der Waals surface area (Å²) in [4.78, 5) is 51.2. The van der Waals surface area contributed by atoms with E-state index < -0.39 is 38.1 Å². The Balaban J connectivity index is 3.16. The SMILES string of the molecule is O=c1cc(O)nc(NC(P(=O)(O)O)P(=O)(O)O)[nH]1. The Morgan fingerprint density at radius 1 is 1.22 bits per heavy atom. The zero-order chi connectivity index (χ0) is 14.1. The number of rotatable bonds is 4. The maximum absolute atomic E-state index is 10.9. The van der Waals surface area contributed by atoms with Gasteiger partial charge in [0.25, 0.3) is 5.56 Å². The summed E-state index contributed by atoms with van der Waals surface area (Å²) in [5.41, 5.74) is -3.45. The molecule has 102 valence electrons. The Morgan fingerprint density at radius 3 is 2.11 bits per heavy atom. The van der Waals surface area contributed by atoms with E-state index in [1.807, 2.05) is 4.98 Å². The predicted octanol–water partition coefficient (Wildman–Crippen LogP) is -1.47. The highest BCUT2D eigenvalue weighted by Gasteiger charge is 2.44. The van der Waals surface area contributed by atoms with E-state index >= 15 is 0 Å². The zero-order valence-electron chi connectivity index (χ0n) is 8.46. The molecule has 0 bridgehead atoms. The lowest BCUT2D eigenvalue weighted by atomic mass is 10.6. The molecule has 0 amide bonds. The highest BCUT2D eigenvalue weighted by Crippen LogP contribution is 2.59. The molecule has 0 saturated carbocycles.